The van der Waals surface area contributed by atoms with Crippen LogP contribution in [0.25, 0.3) is 0 Å². The maximum absolute atomic E-state index is 11.8. The summed E-state index contributed by atoms with van der Waals surface area (Å²) >= 11 is 0. The normalized spacial score (nSPS) is 10.9. The molecule has 0 heterocycles. The van der Waals surface area contributed by atoms with Crippen LogP contribution in [0.15, 0.2) is 35.2 Å². The standard InChI is InChI=1S/C11H13NO6S/c13-10(12-18-8-11(14)15)6-7-19(16,17)9-4-2-1-3-5-9/h1-5H,6-8H2,(H,12,13)(H,14,15). The van der Waals surface area contributed by atoms with Gasteiger partial charge in [0.05, 0.1) is 10.6 Å². The maximum atomic E-state index is 11.8. The zero-order valence-corrected chi connectivity index (χ0v) is 10.7. The van der Waals surface area contributed by atoms with Crippen molar-refractivity contribution < 1.29 is 28.0 Å². The Balaban J connectivity index is 2.44. The van der Waals surface area contributed by atoms with Crippen molar-refractivity contribution in [3.63, 3.8) is 0 Å². The number of aliphatic carboxylic acids is 1. The summed E-state index contributed by atoms with van der Waals surface area (Å²) in [7, 11) is -3.53. The Bertz CT molecular complexity index is 540. The van der Waals surface area contributed by atoms with E-state index in [1.165, 1.54) is 12.1 Å². The number of carbonyl (C=O) groups excluding carboxylic acids is 1. The van der Waals surface area contributed by atoms with Crippen molar-refractivity contribution in [1.29, 1.82) is 0 Å². The third-order valence-corrected chi connectivity index (χ3v) is 3.81. The number of hydroxylamine groups is 1. The van der Waals surface area contributed by atoms with Crippen LogP contribution in [0, 0.1) is 0 Å². The lowest BCUT2D eigenvalue weighted by molar-refractivity contribution is -0.149. The molecule has 1 aromatic rings. The molecule has 0 radical (unpaired) electrons. The first kappa shape index (κ1) is 15.1. The van der Waals surface area contributed by atoms with E-state index in [4.69, 9.17) is 5.11 Å². The van der Waals surface area contributed by atoms with Crippen LogP contribution in [0.5, 0.6) is 0 Å². The SMILES string of the molecule is O=C(O)CONC(=O)CCS(=O)(=O)c1ccccc1. The van der Waals surface area contributed by atoms with E-state index in [9.17, 15) is 18.0 Å². The summed E-state index contributed by atoms with van der Waals surface area (Å²) in [5, 5.41) is 8.26. The van der Waals surface area contributed by atoms with Gasteiger partial charge in [-0.25, -0.2) is 18.7 Å². The lowest BCUT2D eigenvalue weighted by Gasteiger charge is -2.05. The number of nitrogens with one attached hydrogen (secondary N) is 1. The Kier molecular flexibility index (Phi) is 5.46. The van der Waals surface area contributed by atoms with Crippen LogP contribution >= 0.6 is 0 Å². The van der Waals surface area contributed by atoms with Crippen molar-refractivity contribution in [2.75, 3.05) is 12.4 Å². The Morgan fingerprint density at radius 1 is 1.21 bits per heavy atom. The molecule has 0 saturated carbocycles. The number of benzene rings is 1. The molecule has 8 heteroatoms. The molecule has 2 N–H and O–H groups in total. The molecule has 104 valence electrons. The van der Waals surface area contributed by atoms with Crippen LogP contribution in [0.4, 0.5) is 0 Å². The molecule has 1 amide bonds. The summed E-state index contributed by atoms with van der Waals surface area (Å²) in [4.78, 5) is 25.8. The zero-order chi connectivity index (χ0) is 14.3. The Hall–Kier alpha value is -1.93. The van der Waals surface area contributed by atoms with Gasteiger partial charge in [-0.3, -0.25) is 9.63 Å². The van der Waals surface area contributed by atoms with Gasteiger partial charge in [-0.15, -0.1) is 0 Å². The third kappa shape index (κ3) is 5.49. The summed E-state index contributed by atoms with van der Waals surface area (Å²) in [6.07, 6.45) is -0.309. The van der Waals surface area contributed by atoms with Gasteiger partial charge in [0.1, 0.15) is 0 Å². The van der Waals surface area contributed by atoms with Gasteiger partial charge in [0.15, 0.2) is 16.4 Å². The molecule has 19 heavy (non-hydrogen) atoms. The molecular weight excluding hydrogens is 274 g/mol. The number of carbonyl (C=O) groups is 2. The van der Waals surface area contributed by atoms with E-state index in [2.05, 4.69) is 4.84 Å². The first-order valence-electron chi connectivity index (χ1n) is 5.32. The number of carboxylic acid groups (broad SMARTS) is 1. The second-order valence-corrected chi connectivity index (χ2v) is 5.70. The molecular formula is C11H13NO6S. The van der Waals surface area contributed by atoms with E-state index >= 15 is 0 Å². The molecule has 0 fully saturated rings. The highest BCUT2D eigenvalue weighted by molar-refractivity contribution is 7.91. The van der Waals surface area contributed by atoms with Crippen molar-refractivity contribution >= 4 is 21.7 Å². The van der Waals surface area contributed by atoms with Crippen molar-refractivity contribution in [3.05, 3.63) is 30.3 Å². The summed E-state index contributed by atoms with van der Waals surface area (Å²) in [5.41, 5.74) is 1.85. The van der Waals surface area contributed by atoms with Gasteiger partial charge >= 0.3 is 5.97 Å². The van der Waals surface area contributed by atoms with Crippen LogP contribution in [0.2, 0.25) is 0 Å². The summed E-state index contributed by atoms with van der Waals surface area (Å²) < 4.78 is 23.6. The fourth-order valence-electron chi connectivity index (χ4n) is 1.20. The second-order valence-electron chi connectivity index (χ2n) is 3.59. The summed E-state index contributed by atoms with van der Waals surface area (Å²) in [6.45, 7) is -0.683. The van der Waals surface area contributed by atoms with E-state index in [0.717, 1.165) is 0 Å². The van der Waals surface area contributed by atoms with Crippen LogP contribution in [-0.4, -0.2) is 37.8 Å². The average Bonchev–Trinajstić information content (AvgIpc) is 2.37. The van der Waals surface area contributed by atoms with Crippen LogP contribution in [0.1, 0.15) is 6.42 Å². The minimum Gasteiger partial charge on any atom is -0.479 e. The molecule has 0 aliphatic carbocycles. The first-order valence-corrected chi connectivity index (χ1v) is 6.97. The van der Waals surface area contributed by atoms with Crippen molar-refractivity contribution in [2.45, 2.75) is 11.3 Å². The molecule has 1 rings (SSSR count). The monoisotopic (exact) mass is 287 g/mol. The van der Waals surface area contributed by atoms with Gasteiger partial charge < -0.3 is 5.11 Å². The highest BCUT2D eigenvalue weighted by atomic mass is 32.2. The quantitative estimate of drug-likeness (QED) is 0.682. The molecule has 7 nitrogen and oxygen atoms in total. The number of sulfone groups is 1. The van der Waals surface area contributed by atoms with E-state index in [-0.39, 0.29) is 17.1 Å². The van der Waals surface area contributed by atoms with E-state index in [1.807, 2.05) is 5.48 Å². The fraction of sp³-hybridized carbons (Fsp3) is 0.273. The highest BCUT2D eigenvalue weighted by Gasteiger charge is 2.16. The number of hydrogen-bond acceptors (Lipinski definition) is 5. The lowest BCUT2D eigenvalue weighted by Crippen LogP contribution is -2.28. The summed E-state index contributed by atoms with van der Waals surface area (Å²) in [6, 6.07) is 7.74. The number of rotatable bonds is 7. The van der Waals surface area contributed by atoms with Crippen LogP contribution in [0.3, 0.4) is 0 Å². The van der Waals surface area contributed by atoms with Crippen molar-refractivity contribution in [2.24, 2.45) is 0 Å². The lowest BCUT2D eigenvalue weighted by atomic mass is 10.4. The Morgan fingerprint density at radius 3 is 2.42 bits per heavy atom. The Morgan fingerprint density at radius 2 is 1.84 bits per heavy atom. The van der Waals surface area contributed by atoms with Crippen LogP contribution in [-0.2, 0) is 24.3 Å². The molecule has 0 aromatic heterocycles. The minimum atomic E-state index is -3.53. The largest absolute Gasteiger partial charge is 0.479 e. The predicted molar refractivity (Wildman–Crippen MR) is 64.8 cm³/mol. The minimum absolute atomic E-state index is 0.134. The molecule has 0 aliphatic heterocycles. The van der Waals surface area contributed by atoms with Gasteiger partial charge in [-0.05, 0) is 12.1 Å². The molecule has 0 bridgehead atoms. The zero-order valence-electron chi connectivity index (χ0n) is 9.90. The van der Waals surface area contributed by atoms with Gasteiger partial charge in [-0.2, -0.15) is 0 Å². The summed E-state index contributed by atoms with van der Waals surface area (Å²) in [5.74, 6) is -2.31. The van der Waals surface area contributed by atoms with Gasteiger partial charge in [0.25, 0.3) is 0 Å². The van der Waals surface area contributed by atoms with E-state index < -0.39 is 28.3 Å². The van der Waals surface area contributed by atoms with Gasteiger partial charge in [0.2, 0.25) is 5.91 Å². The number of hydrogen-bond donors (Lipinski definition) is 2. The molecule has 0 unspecified atom stereocenters. The fourth-order valence-corrected chi connectivity index (χ4v) is 2.46. The third-order valence-electron chi connectivity index (χ3n) is 2.08. The van der Waals surface area contributed by atoms with Crippen molar-refractivity contribution in [3.8, 4) is 0 Å². The molecule has 0 saturated heterocycles. The number of amides is 1. The van der Waals surface area contributed by atoms with Gasteiger partial charge in [-0.1, -0.05) is 18.2 Å². The van der Waals surface area contributed by atoms with Gasteiger partial charge in [0, 0.05) is 6.42 Å². The average molecular weight is 287 g/mol. The molecule has 1 aromatic carbocycles. The molecule has 0 atom stereocenters. The number of carboxylic acids is 1. The smallest absolute Gasteiger partial charge is 0.332 e. The maximum Gasteiger partial charge on any atom is 0.332 e. The first-order chi connectivity index (χ1) is 8.92. The predicted octanol–water partition coefficient (Wildman–Crippen LogP) is -0.0172. The highest BCUT2D eigenvalue weighted by Crippen LogP contribution is 2.10. The molecule has 0 aliphatic rings. The van der Waals surface area contributed by atoms with Crippen molar-refractivity contribution in [1.82, 2.24) is 5.48 Å². The topological polar surface area (TPSA) is 110 Å². The Labute approximate surface area is 110 Å². The second kappa shape index (κ2) is 6.86. The van der Waals surface area contributed by atoms with E-state index in [0.29, 0.717) is 0 Å². The molecule has 0 spiro atoms. The van der Waals surface area contributed by atoms with E-state index in [1.54, 1.807) is 18.2 Å². The van der Waals surface area contributed by atoms with Crippen LogP contribution < -0.4 is 5.48 Å².